The van der Waals surface area contributed by atoms with Gasteiger partial charge >= 0.3 is 6.03 Å². The highest BCUT2D eigenvalue weighted by molar-refractivity contribution is 6.30. The largest absolute Gasteiger partial charge is 0.338 e. The highest BCUT2D eigenvalue weighted by atomic mass is 35.5. The number of carbonyl (C=O) groups excluding carboxylic acids is 2. The van der Waals surface area contributed by atoms with Crippen molar-refractivity contribution in [1.82, 2.24) is 20.2 Å². The first-order chi connectivity index (χ1) is 13.6. The molecule has 0 radical (unpaired) electrons. The fourth-order valence-electron chi connectivity index (χ4n) is 2.88. The second kappa shape index (κ2) is 9.89. The number of hydrogen-bond donors (Lipinski definition) is 2. The molecular formula is C19H23ClN6O2. The van der Waals surface area contributed by atoms with Gasteiger partial charge < -0.3 is 20.4 Å². The molecule has 3 rings (SSSR count). The molecule has 1 fully saturated rings. The summed E-state index contributed by atoms with van der Waals surface area (Å²) in [6.07, 6.45) is 4.33. The fraction of sp³-hybridized carbons (Fsp3) is 0.368. The fourth-order valence-corrected chi connectivity index (χ4v) is 3.00. The summed E-state index contributed by atoms with van der Waals surface area (Å²) in [6.45, 7) is 3.07. The van der Waals surface area contributed by atoms with Crippen LogP contribution in [-0.2, 0) is 4.79 Å². The lowest BCUT2D eigenvalue weighted by atomic mass is 10.2. The molecule has 1 aliphatic heterocycles. The summed E-state index contributed by atoms with van der Waals surface area (Å²) in [4.78, 5) is 36.5. The molecule has 2 aromatic rings. The van der Waals surface area contributed by atoms with Crippen LogP contribution >= 0.6 is 11.6 Å². The van der Waals surface area contributed by atoms with Gasteiger partial charge in [0.25, 0.3) is 0 Å². The van der Waals surface area contributed by atoms with Gasteiger partial charge in [0.15, 0.2) is 0 Å². The van der Waals surface area contributed by atoms with Crippen molar-refractivity contribution in [2.45, 2.75) is 12.8 Å². The zero-order valence-electron chi connectivity index (χ0n) is 15.5. The van der Waals surface area contributed by atoms with Crippen LogP contribution in [-0.4, -0.2) is 59.5 Å². The molecule has 148 valence electrons. The van der Waals surface area contributed by atoms with Gasteiger partial charge in [-0.25, -0.2) is 14.8 Å². The van der Waals surface area contributed by atoms with Crippen molar-refractivity contribution in [3.05, 3.63) is 47.7 Å². The lowest BCUT2D eigenvalue weighted by Crippen LogP contribution is -2.52. The number of amides is 3. The Morgan fingerprint density at radius 1 is 1.04 bits per heavy atom. The number of aromatic nitrogens is 2. The van der Waals surface area contributed by atoms with E-state index in [1.807, 2.05) is 0 Å². The van der Waals surface area contributed by atoms with Crippen LogP contribution in [0.15, 0.2) is 42.7 Å². The molecule has 0 bridgehead atoms. The molecule has 2 heterocycles. The van der Waals surface area contributed by atoms with Crippen LogP contribution < -0.4 is 15.5 Å². The van der Waals surface area contributed by atoms with E-state index in [0.717, 1.165) is 0 Å². The van der Waals surface area contributed by atoms with Crippen molar-refractivity contribution < 1.29 is 9.59 Å². The number of carbonyl (C=O) groups is 2. The molecule has 1 aromatic heterocycles. The van der Waals surface area contributed by atoms with Crippen LogP contribution in [0.25, 0.3) is 0 Å². The van der Waals surface area contributed by atoms with Crippen molar-refractivity contribution in [1.29, 1.82) is 0 Å². The third-order valence-corrected chi connectivity index (χ3v) is 4.64. The van der Waals surface area contributed by atoms with Crippen LogP contribution in [0.4, 0.5) is 16.4 Å². The number of anilines is 2. The van der Waals surface area contributed by atoms with Gasteiger partial charge in [-0.3, -0.25) is 4.79 Å². The maximum Gasteiger partial charge on any atom is 0.317 e. The van der Waals surface area contributed by atoms with Gasteiger partial charge in [-0.2, -0.15) is 0 Å². The summed E-state index contributed by atoms with van der Waals surface area (Å²) >= 11 is 5.82. The van der Waals surface area contributed by atoms with Gasteiger partial charge in [0.2, 0.25) is 11.9 Å². The predicted molar refractivity (Wildman–Crippen MR) is 109 cm³/mol. The third kappa shape index (κ3) is 5.82. The van der Waals surface area contributed by atoms with Gasteiger partial charge in [-0.1, -0.05) is 11.6 Å². The SMILES string of the molecule is O=C(CCCNC(=O)N1CCN(c2ncccn2)CC1)Nc1ccc(Cl)cc1. The minimum Gasteiger partial charge on any atom is -0.338 e. The van der Waals surface area contributed by atoms with Crippen LogP contribution in [0.3, 0.4) is 0 Å². The van der Waals surface area contributed by atoms with Crippen molar-refractivity contribution >= 4 is 35.2 Å². The molecule has 0 spiro atoms. The first-order valence-electron chi connectivity index (χ1n) is 9.22. The molecule has 1 aliphatic rings. The molecule has 0 atom stereocenters. The Morgan fingerprint density at radius 2 is 1.71 bits per heavy atom. The average molecular weight is 403 g/mol. The Kier molecular flexibility index (Phi) is 7.02. The lowest BCUT2D eigenvalue weighted by Gasteiger charge is -2.34. The Hall–Kier alpha value is -2.87. The van der Waals surface area contributed by atoms with Crippen molar-refractivity contribution in [2.75, 3.05) is 42.9 Å². The Morgan fingerprint density at radius 3 is 2.39 bits per heavy atom. The van der Waals surface area contributed by atoms with Gasteiger partial charge in [0.1, 0.15) is 0 Å². The zero-order valence-corrected chi connectivity index (χ0v) is 16.2. The average Bonchev–Trinajstić information content (AvgIpc) is 2.73. The second-order valence-electron chi connectivity index (χ2n) is 6.41. The van der Waals surface area contributed by atoms with Gasteiger partial charge in [0.05, 0.1) is 0 Å². The summed E-state index contributed by atoms with van der Waals surface area (Å²) in [6, 6.07) is 8.63. The number of hydrogen-bond acceptors (Lipinski definition) is 5. The highest BCUT2D eigenvalue weighted by Gasteiger charge is 2.22. The molecule has 2 N–H and O–H groups in total. The molecule has 9 heteroatoms. The molecule has 0 saturated carbocycles. The van der Waals surface area contributed by atoms with Crippen LogP contribution in [0.1, 0.15) is 12.8 Å². The number of benzene rings is 1. The second-order valence-corrected chi connectivity index (χ2v) is 6.85. The third-order valence-electron chi connectivity index (χ3n) is 4.39. The molecule has 1 aromatic carbocycles. The number of urea groups is 1. The molecule has 3 amide bonds. The summed E-state index contributed by atoms with van der Waals surface area (Å²) in [5, 5.41) is 6.30. The number of piperazine rings is 1. The molecule has 1 saturated heterocycles. The van der Waals surface area contributed by atoms with Gasteiger partial charge in [0, 0.05) is 62.2 Å². The summed E-state index contributed by atoms with van der Waals surface area (Å²) < 4.78 is 0. The van der Waals surface area contributed by atoms with E-state index in [0.29, 0.717) is 62.2 Å². The van der Waals surface area contributed by atoms with E-state index in [2.05, 4.69) is 25.5 Å². The number of halogens is 1. The lowest BCUT2D eigenvalue weighted by molar-refractivity contribution is -0.116. The highest BCUT2D eigenvalue weighted by Crippen LogP contribution is 2.13. The van der Waals surface area contributed by atoms with E-state index in [9.17, 15) is 9.59 Å². The summed E-state index contributed by atoms with van der Waals surface area (Å²) in [5.41, 5.74) is 0.707. The van der Waals surface area contributed by atoms with E-state index < -0.39 is 0 Å². The van der Waals surface area contributed by atoms with E-state index in [1.165, 1.54) is 0 Å². The summed E-state index contributed by atoms with van der Waals surface area (Å²) in [5.74, 6) is 0.599. The number of nitrogens with zero attached hydrogens (tertiary/aromatic N) is 4. The van der Waals surface area contributed by atoms with E-state index in [4.69, 9.17) is 11.6 Å². The van der Waals surface area contributed by atoms with Gasteiger partial charge in [-0.15, -0.1) is 0 Å². The topological polar surface area (TPSA) is 90.5 Å². The van der Waals surface area contributed by atoms with E-state index in [-0.39, 0.29) is 11.9 Å². The maximum absolute atomic E-state index is 12.3. The molecule has 28 heavy (non-hydrogen) atoms. The van der Waals surface area contributed by atoms with Crippen molar-refractivity contribution in [3.8, 4) is 0 Å². The molecular weight excluding hydrogens is 380 g/mol. The first-order valence-corrected chi connectivity index (χ1v) is 9.60. The Bertz CT molecular complexity index is 779. The molecule has 0 aliphatic carbocycles. The Labute approximate surface area is 168 Å². The molecule has 0 unspecified atom stereocenters. The first kappa shape index (κ1) is 19.9. The Balaban J connectivity index is 1.31. The predicted octanol–water partition coefficient (Wildman–Crippen LogP) is 2.38. The van der Waals surface area contributed by atoms with E-state index in [1.54, 1.807) is 47.6 Å². The van der Waals surface area contributed by atoms with Gasteiger partial charge in [-0.05, 0) is 36.8 Å². The standard InChI is InChI=1S/C19H23ClN6O2/c20-15-4-6-16(7-5-15)24-17(27)3-1-8-23-19(28)26-13-11-25(12-14-26)18-21-9-2-10-22-18/h2,4-7,9-10H,1,3,8,11-14H2,(H,23,28)(H,24,27). The smallest absolute Gasteiger partial charge is 0.317 e. The number of rotatable bonds is 6. The van der Waals surface area contributed by atoms with Crippen molar-refractivity contribution in [2.24, 2.45) is 0 Å². The number of nitrogens with one attached hydrogen (secondary N) is 2. The zero-order chi connectivity index (χ0) is 19.8. The quantitative estimate of drug-likeness (QED) is 0.724. The minimum absolute atomic E-state index is 0.0898. The summed E-state index contributed by atoms with van der Waals surface area (Å²) in [7, 11) is 0. The molecule has 8 nitrogen and oxygen atoms in total. The maximum atomic E-state index is 12.3. The van der Waals surface area contributed by atoms with Crippen LogP contribution in [0.2, 0.25) is 5.02 Å². The monoisotopic (exact) mass is 402 g/mol. The van der Waals surface area contributed by atoms with Crippen molar-refractivity contribution in [3.63, 3.8) is 0 Å². The van der Waals surface area contributed by atoms with Crippen LogP contribution in [0.5, 0.6) is 0 Å². The van der Waals surface area contributed by atoms with E-state index >= 15 is 0 Å². The normalized spacial score (nSPS) is 13.9. The van der Waals surface area contributed by atoms with Crippen LogP contribution in [0, 0.1) is 0 Å². The minimum atomic E-state index is -0.105.